The first-order chi connectivity index (χ1) is 7.45. The fourth-order valence-corrected chi connectivity index (χ4v) is 2.10. The second kappa shape index (κ2) is 9.72. The maximum atomic E-state index is 3.54. The third-order valence-corrected chi connectivity index (χ3v) is 3.06. The quantitative estimate of drug-likeness (QED) is 0.582. The first-order valence-corrected chi connectivity index (χ1v) is 5.90. The highest BCUT2D eigenvalue weighted by atomic mass is 35.5. The van der Waals surface area contributed by atoms with Crippen LogP contribution in [0.25, 0.3) is 0 Å². The third kappa shape index (κ3) is 6.27. The molecular formula is C13H20Cl2N2-2. The van der Waals surface area contributed by atoms with Crippen LogP contribution in [-0.4, -0.2) is 19.6 Å². The number of hydrogen-bond acceptors (Lipinski definition) is 2. The summed E-state index contributed by atoms with van der Waals surface area (Å²) in [5.74, 6) is 0.870. The summed E-state index contributed by atoms with van der Waals surface area (Å²) >= 11 is 0. The second-order valence-electron chi connectivity index (χ2n) is 4.31. The molecule has 0 atom stereocenters. The van der Waals surface area contributed by atoms with E-state index in [1.54, 1.807) is 0 Å². The van der Waals surface area contributed by atoms with E-state index in [1.807, 2.05) is 0 Å². The van der Waals surface area contributed by atoms with E-state index in [9.17, 15) is 0 Å². The van der Waals surface area contributed by atoms with Crippen LogP contribution in [-0.2, 0) is 6.54 Å². The van der Waals surface area contributed by atoms with Crippen molar-refractivity contribution in [2.24, 2.45) is 5.92 Å². The van der Waals surface area contributed by atoms with Crippen LogP contribution < -0.4 is 35.4 Å². The molecule has 0 radical (unpaired) electrons. The van der Waals surface area contributed by atoms with Gasteiger partial charge in [-0.3, -0.25) is 0 Å². The molecule has 1 aromatic carbocycles. The number of benzene rings is 1. The van der Waals surface area contributed by atoms with Crippen LogP contribution in [0.15, 0.2) is 30.3 Å². The van der Waals surface area contributed by atoms with Crippen molar-refractivity contribution in [2.45, 2.75) is 19.4 Å². The summed E-state index contributed by atoms with van der Waals surface area (Å²) in [6.45, 7) is 4.55. The molecule has 2 rings (SSSR count). The Kier molecular flexibility index (Phi) is 9.56. The minimum Gasteiger partial charge on any atom is -1.00 e. The van der Waals surface area contributed by atoms with E-state index in [0.29, 0.717) is 0 Å². The van der Waals surface area contributed by atoms with Crippen molar-refractivity contribution in [3.05, 3.63) is 35.9 Å². The molecule has 1 aromatic rings. The maximum Gasteiger partial charge on any atom is 0.0205 e. The summed E-state index contributed by atoms with van der Waals surface area (Å²) in [4.78, 5) is 0. The molecular weight excluding hydrogens is 255 g/mol. The number of halogens is 2. The second-order valence-corrected chi connectivity index (χ2v) is 4.31. The van der Waals surface area contributed by atoms with Gasteiger partial charge in [-0.1, -0.05) is 30.3 Å². The van der Waals surface area contributed by atoms with Crippen molar-refractivity contribution in [1.82, 2.24) is 10.6 Å². The van der Waals surface area contributed by atoms with Crippen LogP contribution in [0.2, 0.25) is 0 Å². The normalized spacial score (nSPS) is 15.8. The molecule has 0 aromatic heterocycles. The molecule has 98 valence electrons. The van der Waals surface area contributed by atoms with Crippen molar-refractivity contribution in [2.75, 3.05) is 19.6 Å². The van der Waals surface area contributed by atoms with Gasteiger partial charge in [0.2, 0.25) is 0 Å². The van der Waals surface area contributed by atoms with Gasteiger partial charge in [-0.15, -0.1) is 0 Å². The predicted octanol–water partition coefficient (Wildman–Crippen LogP) is -4.22. The zero-order valence-electron chi connectivity index (χ0n) is 9.96. The van der Waals surface area contributed by atoms with Crippen molar-refractivity contribution >= 4 is 0 Å². The topological polar surface area (TPSA) is 24.1 Å². The number of hydrogen-bond donors (Lipinski definition) is 2. The van der Waals surface area contributed by atoms with Gasteiger partial charge in [0, 0.05) is 6.54 Å². The van der Waals surface area contributed by atoms with Gasteiger partial charge in [0.05, 0.1) is 0 Å². The summed E-state index contributed by atoms with van der Waals surface area (Å²) in [7, 11) is 0. The van der Waals surface area contributed by atoms with E-state index in [-0.39, 0.29) is 24.8 Å². The van der Waals surface area contributed by atoms with Crippen LogP contribution in [0, 0.1) is 5.92 Å². The van der Waals surface area contributed by atoms with Crippen molar-refractivity contribution < 1.29 is 24.8 Å². The SMILES string of the molecule is [Cl-].[Cl-].c1ccc(CNCC2CCNCC2)cc1. The number of rotatable bonds is 4. The summed E-state index contributed by atoms with van der Waals surface area (Å²) < 4.78 is 0. The van der Waals surface area contributed by atoms with E-state index in [0.717, 1.165) is 19.0 Å². The average Bonchev–Trinajstić information content (AvgIpc) is 2.32. The summed E-state index contributed by atoms with van der Waals surface area (Å²) in [6.07, 6.45) is 2.64. The molecule has 0 unspecified atom stereocenters. The zero-order valence-corrected chi connectivity index (χ0v) is 11.5. The van der Waals surface area contributed by atoms with Gasteiger partial charge < -0.3 is 35.4 Å². The summed E-state index contributed by atoms with van der Waals surface area (Å²) in [6, 6.07) is 10.6. The fourth-order valence-electron chi connectivity index (χ4n) is 2.10. The molecule has 1 aliphatic heterocycles. The fraction of sp³-hybridized carbons (Fsp3) is 0.538. The van der Waals surface area contributed by atoms with Crippen molar-refractivity contribution in [1.29, 1.82) is 0 Å². The minimum absolute atomic E-state index is 0. The Morgan fingerprint density at radius 1 is 1.06 bits per heavy atom. The molecule has 0 bridgehead atoms. The van der Waals surface area contributed by atoms with Gasteiger partial charge >= 0.3 is 0 Å². The molecule has 17 heavy (non-hydrogen) atoms. The van der Waals surface area contributed by atoms with Crippen LogP contribution in [0.1, 0.15) is 18.4 Å². The van der Waals surface area contributed by atoms with Gasteiger partial charge in [-0.05, 0) is 44.0 Å². The molecule has 4 heteroatoms. The Balaban J connectivity index is 0.00000128. The lowest BCUT2D eigenvalue weighted by atomic mass is 9.98. The molecule has 0 amide bonds. The summed E-state index contributed by atoms with van der Waals surface area (Å²) in [5, 5.41) is 6.94. The highest BCUT2D eigenvalue weighted by molar-refractivity contribution is 5.14. The molecule has 1 fully saturated rings. The van der Waals surface area contributed by atoms with Gasteiger partial charge in [-0.2, -0.15) is 0 Å². The first kappa shape index (κ1) is 16.7. The van der Waals surface area contributed by atoms with Gasteiger partial charge in [0.25, 0.3) is 0 Å². The lowest BCUT2D eigenvalue weighted by Gasteiger charge is -2.22. The maximum absolute atomic E-state index is 3.54. The van der Waals surface area contributed by atoms with E-state index in [2.05, 4.69) is 41.0 Å². The molecule has 1 aliphatic rings. The summed E-state index contributed by atoms with van der Waals surface area (Å²) in [5.41, 5.74) is 1.38. The molecule has 2 N–H and O–H groups in total. The van der Waals surface area contributed by atoms with Gasteiger partial charge in [0.15, 0.2) is 0 Å². The Morgan fingerprint density at radius 2 is 1.71 bits per heavy atom. The van der Waals surface area contributed by atoms with Gasteiger partial charge in [-0.25, -0.2) is 0 Å². The number of piperidine rings is 1. The average molecular weight is 275 g/mol. The lowest BCUT2D eigenvalue weighted by molar-refractivity contribution is -0.00100. The Hall–Kier alpha value is -0.280. The smallest absolute Gasteiger partial charge is 0.0205 e. The third-order valence-electron chi connectivity index (χ3n) is 3.06. The van der Waals surface area contributed by atoms with E-state index < -0.39 is 0 Å². The molecule has 1 heterocycles. The van der Waals surface area contributed by atoms with Crippen LogP contribution in [0.3, 0.4) is 0 Å². The minimum atomic E-state index is 0. The first-order valence-electron chi connectivity index (χ1n) is 5.90. The number of nitrogens with one attached hydrogen (secondary N) is 2. The van der Waals surface area contributed by atoms with Crippen molar-refractivity contribution in [3.63, 3.8) is 0 Å². The van der Waals surface area contributed by atoms with Crippen molar-refractivity contribution in [3.8, 4) is 0 Å². The molecule has 2 nitrogen and oxygen atoms in total. The predicted molar refractivity (Wildman–Crippen MR) is 63.7 cm³/mol. The highest BCUT2D eigenvalue weighted by Gasteiger charge is 2.11. The largest absolute Gasteiger partial charge is 1.00 e. The molecule has 0 aliphatic carbocycles. The Labute approximate surface area is 116 Å². The molecule has 0 spiro atoms. The highest BCUT2D eigenvalue weighted by Crippen LogP contribution is 2.10. The lowest BCUT2D eigenvalue weighted by Crippen LogP contribution is -3.00. The monoisotopic (exact) mass is 274 g/mol. The molecule has 1 saturated heterocycles. The Bertz CT molecular complexity index is 274. The van der Waals surface area contributed by atoms with E-state index in [1.165, 1.54) is 31.5 Å². The Morgan fingerprint density at radius 3 is 2.35 bits per heavy atom. The van der Waals surface area contributed by atoms with Crippen LogP contribution >= 0.6 is 0 Å². The van der Waals surface area contributed by atoms with E-state index in [4.69, 9.17) is 0 Å². The molecule has 0 saturated carbocycles. The van der Waals surface area contributed by atoms with Crippen LogP contribution in [0.4, 0.5) is 0 Å². The van der Waals surface area contributed by atoms with E-state index >= 15 is 0 Å². The van der Waals surface area contributed by atoms with Crippen LogP contribution in [0.5, 0.6) is 0 Å². The zero-order chi connectivity index (χ0) is 10.3. The van der Waals surface area contributed by atoms with Gasteiger partial charge in [0.1, 0.15) is 0 Å². The standard InChI is InChI=1S/C13H20N2.2ClH/c1-2-4-12(5-3-1)10-15-11-13-6-8-14-9-7-13;;/h1-5,13-15H,6-11H2;2*1H/p-2.